The number of hydrogen-bond donors (Lipinski definition) is 0. The van der Waals surface area contributed by atoms with Gasteiger partial charge < -0.3 is 0 Å². The van der Waals surface area contributed by atoms with E-state index >= 15 is 0 Å². The molecule has 0 saturated heterocycles. The fraction of sp³-hybridized carbons (Fsp3) is 0.806. The van der Waals surface area contributed by atoms with Gasteiger partial charge in [-0.3, -0.25) is 0 Å². The van der Waals surface area contributed by atoms with Crippen molar-refractivity contribution in [2.45, 2.75) is 92.4 Å². The summed E-state index contributed by atoms with van der Waals surface area (Å²) >= 11 is 0. The number of hydrogen-bond acceptors (Lipinski definition) is 0. The minimum absolute atomic E-state index is 0.379. The summed E-state index contributed by atoms with van der Waals surface area (Å²) in [5.74, 6) is 9.05. The van der Waals surface area contributed by atoms with E-state index in [1.54, 1.807) is 48.8 Å². The van der Waals surface area contributed by atoms with E-state index < -0.39 is 0 Å². The van der Waals surface area contributed by atoms with Crippen LogP contribution in [-0.2, 0) is 0 Å². The van der Waals surface area contributed by atoms with Crippen LogP contribution < -0.4 is 0 Å². The van der Waals surface area contributed by atoms with Gasteiger partial charge in [-0.25, -0.2) is 0 Å². The van der Waals surface area contributed by atoms with E-state index in [0.717, 1.165) is 47.3 Å². The van der Waals surface area contributed by atoms with E-state index in [9.17, 15) is 0 Å². The van der Waals surface area contributed by atoms with Gasteiger partial charge in [-0.2, -0.15) is 0 Å². The zero-order valence-electron chi connectivity index (χ0n) is 20.8. The van der Waals surface area contributed by atoms with Crippen molar-refractivity contribution in [3.63, 3.8) is 0 Å². The first-order valence-electron chi connectivity index (χ1n) is 13.8. The highest BCUT2D eigenvalue weighted by molar-refractivity contribution is 5.57. The first-order chi connectivity index (χ1) is 14.7. The van der Waals surface area contributed by atoms with Gasteiger partial charge in [0.1, 0.15) is 0 Å². The number of allylic oxidation sites excluding steroid dienone is 5. The van der Waals surface area contributed by atoms with E-state index in [2.05, 4.69) is 34.6 Å². The van der Waals surface area contributed by atoms with Crippen LogP contribution in [0.25, 0.3) is 0 Å². The standard InChI is InChI=1S/C31H44/c1-16-17(2)28(30(5)12-20-7-21-9-23(13-30)26(21)8-20)19(4)29(18(16)3)31(6)14-24-10-22-11-25(15-31)27(22)24/h18,20-27H,1,7-15H2,2-6H3. The molecule has 8 atom stereocenters. The molecule has 8 unspecified atom stereocenters. The molecular weight excluding hydrogens is 372 g/mol. The van der Waals surface area contributed by atoms with Crippen LogP contribution in [0, 0.1) is 64.1 Å². The van der Waals surface area contributed by atoms with Crippen LogP contribution in [0.3, 0.4) is 0 Å². The molecule has 0 heterocycles. The molecule has 7 aliphatic rings. The van der Waals surface area contributed by atoms with Gasteiger partial charge in [0, 0.05) is 5.92 Å². The highest BCUT2D eigenvalue weighted by atomic mass is 14.7. The Balaban J connectivity index is 1.31. The Labute approximate surface area is 191 Å². The van der Waals surface area contributed by atoms with Gasteiger partial charge in [-0.05, 0) is 152 Å². The molecule has 6 saturated carbocycles. The summed E-state index contributed by atoms with van der Waals surface area (Å²) in [6, 6.07) is 0. The Kier molecular flexibility index (Phi) is 3.81. The molecule has 0 aromatic heterocycles. The molecule has 0 heteroatoms. The van der Waals surface area contributed by atoms with E-state index in [1.807, 2.05) is 5.57 Å². The molecule has 6 fully saturated rings. The summed E-state index contributed by atoms with van der Waals surface area (Å²) in [6.45, 7) is 17.6. The lowest BCUT2D eigenvalue weighted by Crippen LogP contribution is -2.58. The summed E-state index contributed by atoms with van der Waals surface area (Å²) in [5, 5.41) is 0. The Morgan fingerprint density at radius 1 is 0.710 bits per heavy atom. The maximum atomic E-state index is 4.75. The fourth-order valence-corrected chi connectivity index (χ4v) is 11.8. The predicted octanol–water partition coefficient (Wildman–Crippen LogP) is 8.36. The van der Waals surface area contributed by atoms with Gasteiger partial charge in [-0.1, -0.05) is 32.9 Å². The molecule has 0 radical (unpaired) electrons. The lowest BCUT2D eigenvalue weighted by Gasteiger charge is -2.66. The predicted molar refractivity (Wildman–Crippen MR) is 129 cm³/mol. The normalized spacial score (nSPS) is 57.1. The zero-order valence-corrected chi connectivity index (χ0v) is 20.8. The highest BCUT2D eigenvalue weighted by Crippen LogP contribution is 2.70. The van der Waals surface area contributed by atoms with Gasteiger partial charge in [0.2, 0.25) is 0 Å². The fourth-order valence-electron chi connectivity index (χ4n) is 11.8. The van der Waals surface area contributed by atoms with Gasteiger partial charge in [0.25, 0.3) is 0 Å². The molecule has 0 aliphatic heterocycles. The summed E-state index contributed by atoms with van der Waals surface area (Å²) in [4.78, 5) is 0. The lowest BCUT2D eigenvalue weighted by molar-refractivity contribution is -0.151. The lowest BCUT2D eigenvalue weighted by atomic mass is 9.39. The summed E-state index contributed by atoms with van der Waals surface area (Å²) < 4.78 is 0. The largest absolute Gasteiger partial charge is 0.0950 e. The average Bonchev–Trinajstić information content (AvgIpc) is 2.90. The second-order valence-electron chi connectivity index (χ2n) is 14.3. The van der Waals surface area contributed by atoms with Gasteiger partial charge in [0.05, 0.1) is 0 Å². The number of rotatable bonds is 2. The van der Waals surface area contributed by atoms with E-state index in [4.69, 9.17) is 6.58 Å². The molecule has 7 rings (SSSR count). The Bertz CT molecular complexity index is 906. The van der Waals surface area contributed by atoms with E-state index in [1.165, 1.54) is 31.3 Å². The van der Waals surface area contributed by atoms with Crippen molar-refractivity contribution in [2.75, 3.05) is 0 Å². The third-order valence-electron chi connectivity index (χ3n) is 12.6. The minimum Gasteiger partial charge on any atom is -0.0950 e. The van der Waals surface area contributed by atoms with Crippen LogP contribution in [0.15, 0.2) is 34.4 Å². The smallest absolute Gasteiger partial charge is 0.00279 e. The maximum Gasteiger partial charge on any atom is 0.00279 e. The average molecular weight is 417 g/mol. The second kappa shape index (κ2) is 6.01. The molecule has 0 aromatic carbocycles. The third kappa shape index (κ3) is 2.39. The third-order valence-corrected chi connectivity index (χ3v) is 12.6. The molecule has 31 heavy (non-hydrogen) atoms. The Hall–Kier alpha value is -0.780. The summed E-state index contributed by atoms with van der Waals surface area (Å²) in [7, 11) is 0. The molecule has 168 valence electrons. The van der Waals surface area contributed by atoms with Crippen molar-refractivity contribution in [3.8, 4) is 0 Å². The monoisotopic (exact) mass is 416 g/mol. The highest BCUT2D eigenvalue weighted by Gasteiger charge is 2.61. The molecule has 0 nitrogen and oxygen atoms in total. The quantitative estimate of drug-likeness (QED) is 0.424. The Morgan fingerprint density at radius 3 is 2.03 bits per heavy atom. The van der Waals surface area contributed by atoms with E-state index in [0.29, 0.717) is 16.7 Å². The van der Waals surface area contributed by atoms with Crippen LogP contribution in [0.5, 0.6) is 0 Å². The van der Waals surface area contributed by atoms with Crippen molar-refractivity contribution in [1.82, 2.24) is 0 Å². The molecule has 0 aromatic rings. The van der Waals surface area contributed by atoms with Crippen LogP contribution in [0.1, 0.15) is 92.4 Å². The molecule has 7 aliphatic carbocycles. The van der Waals surface area contributed by atoms with Gasteiger partial charge in [0.15, 0.2) is 0 Å². The molecule has 0 spiro atoms. The second-order valence-corrected chi connectivity index (χ2v) is 14.3. The molecule has 2 bridgehead atoms. The topological polar surface area (TPSA) is 0 Å². The van der Waals surface area contributed by atoms with Crippen molar-refractivity contribution in [2.24, 2.45) is 64.1 Å². The van der Waals surface area contributed by atoms with Crippen LogP contribution in [0.2, 0.25) is 0 Å². The van der Waals surface area contributed by atoms with Crippen LogP contribution in [0.4, 0.5) is 0 Å². The minimum atomic E-state index is 0.379. The maximum absolute atomic E-state index is 4.75. The van der Waals surface area contributed by atoms with Gasteiger partial charge >= 0.3 is 0 Å². The SMILES string of the molecule is C=C1C(C)=C(C2(C)CC3CC4CC(C2)C4C3)C(C)=C(C2(C)CC3CC4CC(C2)C43)C1C. The zero-order chi connectivity index (χ0) is 21.4. The summed E-state index contributed by atoms with van der Waals surface area (Å²) in [6.07, 6.45) is 13.6. The van der Waals surface area contributed by atoms with Crippen molar-refractivity contribution in [1.29, 1.82) is 0 Å². The van der Waals surface area contributed by atoms with Crippen molar-refractivity contribution < 1.29 is 0 Å². The van der Waals surface area contributed by atoms with Crippen molar-refractivity contribution in [3.05, 3.63) is 34.4 Å². The first kappa shape index (κ1) is 19.7. The first-order valence-corrected chi connectivity index (χ1v) is 13.8. The molecule has 0 amide bonds. The molecule has 0 N–H and O–H groups in total. The molecular formula is C31H44. The van der Waals surface area contributed by atoms with Crippen LogP contribution in [-0.4, -0.2) is 0 Å². The van der Waals surface area contributed by atoms with Crippen LogP contribution >= 0.6 is 0 Å². The van der Waals surface area contributed by atoms with E-state index in [-0.39, 0.29) is 0 Å². The van der Waals surface area contributed by atoms with Crippen molar-refractivity contribution >= 4 is 0 Å². The number of fused-ring (bicyclic) bond motifs is 1. The summed E-state index contributed by atoms with van der Waals surface area (Å²) in [5.41, 5.74) is 9.15. The van der Waals surface area contributed by atoms with Gasteiger partial charge in [-0.15, -0.1) is 0 Å². The Morgan fingerprint density at radius 2 is 1.35 bits per heavy atom.